The third kappa shape index (κ3) is 0.822. The van der Waals surface area contributed by atoms with Crippen molar-refractivity contribution in [3.05, 3.63) is 23.7 Å². The van der Waals surface area contributed by atoms with Crippen LogP contribution in [0.3, 0.4) is 0 Å². The summed E-state index contributed by atoms with van der Waals surface area (Å²) in [6, 6.07) is 5.99. The molecule has 1 aromatic heterocycles. The second-order valence-electron chi connectivity index (χ2n) is 1.98. The fourth-order valence-electron chi connectivity index (χ4n) is 0.871. The van der Waals surface area contributed by atoms with Gasteiger partial charge < -0.3 is 0 Å². The van der Waals surface area contributed by atoms with Crippen molar-refractivity contribution in [1.29, 1.82) is 0 Å². The van der Waals surface area contributed by atoms with Gasteiger partial charge in [-0.1, -0.05) is 6.07 Å². The van der Waals surface area contributed by atoms with Crippen molar-refractivity contribution < 1.29 is 0 Å². The van der Waals surface area contributed by atoms with E-state index in [1.807, 2.05) is 23.7 Å². The molecule has 0 fully saturated rings. The van der Waals surface area contributed by atoms with Gasteiger partial charge in [-0.25, -0.2) is 4.98 Å². The summed E-state index contributed by atoms with van der Waals surface area (Å²) in [5.74, 6) is 0. The molecule has 0 aliphatic carbocycles. The maximum absolute atomic E-state index is 4.26. The molecular formula is C7H5NS2. The van der Waals surface area contributed by atoms with E-state index in [0.29, 0.717) is 0 Å². The van der Waals surface area contributed by atoms with Gasteiger partial charge in [-0.3, -0.25) is 0 Å². The van der Waals surface area contributed by atoms with Crippen LogP contribution >= 0.6 is 24.0 Å². The second-order valence-corrected chi connectivity index (χ2v) is 3.34. The smallest absolute Gasteiger partial charge is 0.0945 e. The SMILES string of the molecule is Sc1cccc2scnc12. The molecule has 0 atom stereocenters. The standard InChI is InChI=1S/C7H5NS2/c9-5-2-1-3-6-7(5)8-4-10-6/h1-4,9H. The number of rotatable bonds is 0. The van der Waals surface area contributed by atoms with Gasteiger partial charge in [0, 0.05) is 4.90 Å². The topological polar surface area (TPSA) is 12.9 Å². The summed E-state index contributed by atoms with van der Waals surface area (Å²) in [4.78, 5) is 5.12. The molecule has 0 spiro atoms. The molecule has 2 aromatic rings. The number of nitrogens with zero attached hydrogens (tertiary/aromatic N) is 1. The molecule has 0 saturated carbocycles. The lowest BCUT2D eigenvalue weighted by atomic mass is 10.3. The van der Waals surface area contributed by atoms with Crippen LogP contribution in [0.2, 0.25) is 0 Å². The number of hydrogen-bond donors (Lipinski definition) is 1. The lowest BCUT2D eigenvalue weighted by molar-refractivity contribution is 1.42. The fraction of sp³-hybridized carbons (Fsp3) is 0. The Morgan fingerprint density at radius 3 is 3.10 bits per heavy atom. The minimum atomic E-state index is 0.957. The summed E-state index contributed by atoms with van der Waals surface area (Å²) in [6.45, 7) is 0. The molecule has 1 heterocycles. The predicted octanol–water partition coefficient (Wildman–Crippen LogP) is 2.59. The number of benzene rings is 1. The molecule has 0 amide bonds. The molecule has 2 rings (SSSR count). The highest BCUT2D eigenvalue weighted by molar-refractivity contribution is 7.80. The van der Waals surface area contributed by atoms with Crippen molar-refractivity contribution in [3.8, 4) is 0 Å². The molecule has 0 saturated heterocycles. The Hall–Kier alpha value is -0.540. The Morgan fingerprint density at radius 1 is 1.40 bits per heavy atom. The van der Waals surface area contributed by atoms with E-state index in [9.17, 15) is 0 Å². The van der Waals surface area contributed by atoms with Crippen molar-refractivity contribution in [2.24, 2.45) is 0 Å². The van der Waals surface area contributed by atoms with Crippen LogP contribution in [0.1, 0.15) is 0 Å². The molecule has 0 aliphatic rings. The van der Waals surface area contributed by atoms with Gasteiger partial charge in [0.25, 0.3) is 0 Å². The molecule has 50 valence electrons. The van der Waals surface area contributed by atoms with Gasteiger partial charge in [-0.15, -0.1) is 24.0 Å². The van der Waals surface area contributed by atoms with E-state index >= 15 is 0 Å². The molecule has 0 radical (unpaired) electrons. The van der Waals surface area contributed by atoms with E-state index in [1.165, 1.54) is 4.70 Å². The Morgan fingerprint density at radius 2 is 2.30 bits per heavy atom. The van der Waals surface area contributed by atoms with Crippen LogP contribution in [-0.2, 0) is 0 Å². The summed E-state index contributed by atoms with van der Waals surface area (Å²) in [7, 11) is 0. The Balaban J connectivity index is 2.95. The van der Waals surface area contributed by atoms with E-state index in [0.717, 1.165) is 10.4 Å². The number of thiazole rings is 1. The summed E-state index contributed by atoms with van der Waals surface area (Å²) in [6.07, 6.45) is 0. The minimum Gasteiger partial charge on any atom is -0.243 e. The van der Waals surface area contributed by atoms with E-state index in [4.69, 9.17) is 0 Å². The maximum atomic E-state index is 4.26. The highest BCUT2D eigenvalue weighted by Gasteiger charge is 1.97. The number of thiol groups is 1. The lowest BCUT2D eigenvalue weighted by Crippen LogP contribution is -1.68. The van der Waals surface area contributed by atoms with Crippen molar-refractivity contribution >= 4 is 34.2 Å². The van der Waals surface area contributed by atoms with Crippen LogP contribution in [0.25, 0.3) is 10.2 Å². The van der Waals surface area contributed by atoms with Crippen LogP contribution < -0.4 is 0 Å². The Kier molecular flexibility index (Phi) is 1.39. The predicted molar refractivity (Wildman–Crippen MR) is 46.9 cm³/mol. The van der Waals surface area contributed by atoms with Gasteiger partial charge in [0.05, 0.1) is 15.7 Å². The van der Waals surface area contributed by atoms with Gasteiger partial charge >= 0.3 is 0 Å². The number of fused-ring (bicyclic) bond motifs is 1. The third-order valence-electron chi connectivity index (χ3n) is 1.34. The average Bonchev–Trinajstić information content (AvgIpc) is 2.36. The minimum absolute atomic E-state index is 0.957. The second kappa shape index (κ2) is 2.25. The first-order chi connectivity index (χ1) is 4.88. The Bertz CT molecular complexity index is 353. The lowest BCUT2D eigenvalue weighted by Gasteiger charge is -1.89. The maximum Gasteiger partial charge on any atom is 0.0945 e. The monoisotopic (exact) mass is 167 g/mol. The molecule has 0 unspecified atom stereocenters. The first-order valence-corrected chi connectivity index (χ1v) is 4.22. The van der Waals surface area contributed by atoms with Gasteiger partial charge in [-0.2, -0.15) is 0 Å². The fourth-order valence-corrected chi connectivity index (χ4v) is 1.91. The zero-order valence-corrected chi connectivity index (χ0v) is 6.82. The van der Waals surface area contributed by atoms with Crippen molar-refractivity contribution in [2.45, 2.75) is 4.90 Å². The van der Waals surface area contributed by atoms with E-state index in [2.05, 4.69) is 17.6 Å². The molecule has 0 aliphatic heterocycles. The average molecular weight is 167 g/mol. The highest BCUT2D eigenvalue weighted by Crippen LogP contribution is 2.22. The van der Waals surface area contributed by atoms with E-state index in [1.54, 1.807) is 11.3 Å². The Labute approximate surface area is 68.1 Å². The summed E-state index contributed by atoms with van der Waals surface area (Å²) in [5, 5.41) is 0. The molecule has 0 bridgehead atoms. The summed E-state index contributed by atoms with van der Waals surface area (Å²) >= 11 is 5.90. The molecule has 1 nitrogen and oxygen atoms in total. The van der Waals surface area contributed by atoms with Gasteiger partial charge in [0.2, 0.25) is 0 Å². The summed E-state index contributed by atoms with van der Waals surface area (Å²) < 4.78 is 1.20. The zero-order valence-electron chi connectivity index (χ0n) is 5.11. The molecule has 3 heteroatoms. The van der Waals surface area contributed by atoms with Crippen molar-refractivity contribution in [1.82, 2.24) is 4.98 Å². The van der Waals surface area contributed by atoms with Crippen molar-refractivity contribution in [2.75, 3.05) is 0 Å². The van der Waals surface area contributed by atoms with Crippen LogP contribution in [0.4, 0.5) is 0 Å². The van der Waals surface area contributed by atoms with Crippen LogP contribution in [0, 0.1) is 0 Å². The van der Waals surface area contributed by atoms with Crippen LogP contribution in [-0.4, -0.2) is 4.98 Å². The zero-order chi connectivity index (χ0) is 6.97. The highest BCUT2D eigenvalue weighted by atomic mass is 32.1. The molecular weight excluding hydrogens is 162 g/mol. The van der Waals surface area contributed by atoms with Gasteiger partial charge in [0.1, 0.15) is 0 Å². The molecule has 10 heavy (non-hydrogen) atoms. The quantitative estimate of drug-likeness (QED) is 0.595. The van der Waals surface area contributed by atoms with Gasteiger partial charge in [-0.05, 0) is 12.1 Å². The summed E-state index contributed by atoms with van der Waals surface area (Å²) in [5.41, 5.74) is 2.85. The first kappa shape index (κ1) is 6.19. The van der Waals surface area contributed by atoms with Crippen LogP contribution in [0.5, 0.6) is 0 Å². The van der Waals surface area contributed by atoms with E-state index in [-0.39, 0.29) is 0 Å². The normalized spacial score (nSPS) is 10.5. The number of para-hydroxylation sites is 1. The first-order valence-electron chi connectivity index (χ1n) is 2.89. The van der Waals surface area contributed by atoms with Gasteiger partial charge in [0.15, 0.2) is 0 Å². The molecule has 0 N–H and O–H groups in total. The van der Waals surface area contributed by atoms with Crippen LogP contribution in [0.15, 0.2) is 28.6 Å². The van der Waals surface area contributed by atoms with Crippen molar-refractivity contribution in [3.63, 3.8) is 0 Å². The number of aromatic nitrogens is 1. The van der Waals surface area contributed by atoms with E-state index < -0.39 is 0 Å². The number of hydrogen-bond acceptors (Lipinski definition) is 3. The third-order valence-corrected chi connectivity index (χ3v) is 2.49. The molecule has 1 aromatic carbocycles. The largest absolute Gasteiger partial charge is 0.243 e.